The molecule has 0 aliphatic heterocycles. The Hall–Kier alpha value is -1.66. The second-order valence-corrected chi connectivity index (χ2v) is 2.30. The molecule has 0 fully saturated rings. The summed E-state index contributed by atoms with van der Waals surface area (Å²) in [5, 5.41) is 0. The van der Waals surface area contributed by atoms with Gasteiger partial charge in [0.15, 0.2) is 6.29 Å². The maximum Gasteiger partial charge on any atom is 0.193 e. The van der Waals surface area contributed by atoms with E-state index in [1.54, 1.807) is 14.2 Å². The van der Waals surface area contributed by atoms with Crippen molar-refractivity contribution in [1.82, 2.24) is 0 Å². The number of halogens is 1. The normalized spacial score (nSPS) is 7.64. The fourth-order valence-corrected chi connectivity index (χ4v) is 0.646. The van der Waals surface area contributed by atoms with E-state index in [4.69, 9.17) is 0 Å². The molecule has 0 bridgehead atoms. The molecule has 0 aromatic heterocycles. The van der Waals surface area contributed by atoms with E-state index >= 15 is 0 Å². The summed E-state index contributed by atoms with van der Waals surface area (Å²) in [6.45, 7) is 0. The van der Waals surface area contributed by atoms with Crippen LogP contribution in [0.1, 0.15) is 5.56 Å². The zero-order valence-electron chi connectivity index (χ0n) is 8.08. The smallest absolute Gasteiger partial charge is 0.193 e. The Kier molecular flexibility index (Phi) is 7.02. The van der Waals surface area contributed by atoms with Gasteiger partial charge in [0.1, 0.15) is 5.82 Å². The van der Waals surface area contributed by atoms with Gasteiger partial charge in [0.05, 0.1) is 0 Å². The quantitative estimate of drug-likeness (QED) is 0.463. The van der Waals surface area contributed by atoms with Crippen molar-refractivity contribution < 1.29 is 13.9 Å². The highest BCUT2D eigenvalue weighted by atomic mass is 19.1. The van der Waals surface area contributed by atoms with Crippen LogP contribution in [0.5, 0.6) is 0 Å². The Bertz CT molecular complexity index is 319. The molecule has 74 valence electrons. The van der Waals surface area contributed by atoms with Gasteiger partial charge < -0.3 is 4.74 Å². The van der Waals surface area contributed by atoms with Crippen molar-refractivity contribution in [2.75, 3.05) is 14.2 Å². The first-order valence-corrected chi connectivity index (χ1v) is 3.85. The van der Waals surface area contributed by atoms with E-state index in [1.807, 2.05) is 0 Å². The second kappa shape index (κ2) is 7.96. The highest BCUT2D eigenvalue weighted by Crippen LogP contribution is 1.99. The van der Waals surface area contributed by atoms with Crippen LogP contribution in [-0.2, 0) is 9.53 Å². The molecule has 0 saturated heterocycles. The minimum absolute atomic E-state index is 0.304. The molecule has 0 saturated carbocycles. The van der Waals surface area contributed by atoms with Crippen LogP contribution in [0, 0.1) is 17.7 Å². The molecule has 14 heavy (non-hydrogen) atoms. The average Bonchev–Trinajstić information content (AvgIpc) is 2.18. The molecule has 2 nitrogen and oxygen atoms in total. The van der Waals surface area contributed by atoms with Crippen molar-refractivity contribution in [1.29, 1.82) is 0 Å². The number of benzene rings is 1. The number of carbonyl (C=O) groups excluding carboxylic acids is 1. The van der Waals surface area contributed by atoms with Crippen LogP contribution in [0.15, 0.2) is 24.3 Å². The van der Waals surface area contributed by atoms with E-state index < -0.39 is 0 Å². The first kappa shape index (κ1) is 12.3. The molecule has 0 amide bonds. The van der Waals surface area contributed by atoms with Crippen LogP contribution in [0.4, 0.5) is 4.39 Å². The third kappa shape index (κ3) is 5.92. The average molecular weight is 194 g/mol. The summed E-state index contributed by atoms with van der Waals surface area (Å²) >= 11 is 0. The lowest BCUT2D eigenvalue weighted by molar-refractivity contribution is -0.103. The fraction of sp³-hybridized carbons (Fsp3) is 0.182. The lowest BCUT2D eigenvalue weighted by Crippen LogP contribution is -1.75. The molecule has 3 heteroatoms. The van der Waals surface area contributed by atoms with Crippen molar-refractivity contribution in [3.05, 3.63) is 35.6 Å². The molecule has 0 atom stereocenters. The summed E-state index contributed by atoms with van der Waals surface area (Å²) in [7, 11) is 3.25. The van der Waals surface area contributed by atoms with E-state index in [-0.39, 0.29) is 5.82 Å². The minimum Gasteiger partial charge on any atom is -0.388 e. The molecule has 0 heterocycles. The number of hydrogen-bond acceptors (Lipinski definition) is 2. The first-order valence-electron chi connectivity index (χ1n) is 3.85. The van der Waals surface area contributed by atoms with Crippen LogP contribution in [0.2, 0.25) is 0 Å². The Balaban J connectivity index is 0.000000500. The van der Waals surface area contributed by atoms with Crippen molar-refractivity contribution in [2.45, 2.75) is 0 Å². The van der Waals surface area contributed by atoms with Gasteiger partial charge in [-0.15, -0.1) is 0 Å². The van der Waals surface area contributed by atoms with Crippen molar-refractivity contribution in [3.8, 4) is 11.8 Å². The lowest BCUT2D eigenvalue weighted by atomic mass is 10.2. The monoisotopic (exact) mass is 194 g/mol. The molecule has 1 rings (SSSR count). The highest BCUT2D eigenvalue weighted by molar-refractivity contribution is 5.73. The zero-order chi connectivity index (χ0) is 10.8. The Labute approximate surface area is 82.7 Å². The van der Waals surface area contributed by atoms with Crippen LogP contribution < -0.4 is 0 Å². The van der Waals surface area contributed by atoms with Gasteiger partial charge in [-0.25, -0.2) is 4.39 Å². The molecule has 0 aliphatic carbocycles. The number of aldehydes is 1. The van der Waals surface area contributed by atoms with E-state index in [9.17, 15) is 9.18 Å². The molecule has 1 aromatic carbocycles. The molecule has 0 aliphatic rings. The predicted octanol–water partition coefficient (Wildman–Crippen LogP) is 1.64. The zero-order valence-corrected chi connectivity index (χ0v) is 8.08. The topological polar surface area (TPSA) is 26.3 Å². The predicted molar refractivity (Wildman–Crippen MR) is 52.3 cm³/mol. The van der Waals surface area contributed by atoms with Crippen molar-refractivity contribution >= 4 is 6.29 Å². The van der Waals surface area contributed by atoms with Gasteiger partial charge in [-0.1, -0.05) is 5.92 Å². The molecular weight excluding hydrogens is 183 g/mol. The number of rotatable bonds is 0. The summed E-state index contributed by atoms with van der Waals surface area (Å²) in [5.41, 5.74) is 0.638. The van der Waals surface area contributed by atoms with Crippen molar-refractivity contribution in [2.24, 2.45) is 0 Å². The summed E-state index contributed by atoms with van der Waals surface area (Å²) < 4.78 is 16.5. The molecule has 0 N–H and O–H groups in total. The van der Waals surface area contributed by atoms with E-state index in [0.29, 0.717) is 11.8 Å². The highest BCUT2D eigenvalue weighted by Gasteiger charge is 1.87. The van der Waals surface area contributed by atoms with Crippen LogP contribution in [0.25, 0.3) is 0 Å². The van der Waals surface area contributed by atoms with Crippen LogP contribution in [-0.4, -0.2) is 20.5 Å². The maximum atomic E-state index is 12.3. The Morgan fingerprint density at radius 2 is 1.79 bits per heavy atom. The Morgan fingerprint density at radius 3 is 2.21 bits per heavy atom. The SMILES string of the molecule is COC.O=CC#Cc1ccc(F)cc1. The van der Waals surface area contributed by atoms with E-state index in [0.717, 1.165) is 0 Å². The second-order valence-electron chi connectivity index (χ2n) is 2.30. The lowest BCUT2D eigenvalue weighted by Gasteiger charge is -1.87. The summed E-state index contributed by atoms with van der Waals surface area (Å²) in [6.07, 6.45) is 0.503. The van der Waals surface area contributed by atoms with Gasteiger partial charge in [-0.2, -0.15) is 0 Å². The summed E-state index contributed by atoms with van der Waals surface area (Å²) in [4.78, 5) is 9.80. The van der Waals surface area contributed by atoms with Crippen molar-refractivity contribution in [3.63, 3.8) is 0 Å². The first-order chi connectivity index (χ1) is 6.74. The van der Waals surface area contributed by atoms with E-state index in [2.05, 4.69) is 16.6 Å². The summed E-state index contributed by atoms with van der Waals surface area (Å²) in [6, 6.07) is 5.64. The Morgan fingerprint density at radius 1 is 1.29 bits per heavy atom. The molecular formula is C11H11FO2. The van der Waals surface area contributed by atoms with Gasteiger partial charge in [-0.3, -0.25) is 4.79 Å². The molecule has 1 aromatic rings. The largest absolute Gasteiger partial charge is 0.388 e. The molecule has 0 unspecified atom stereocenters. The number of hydrogen-bond donors (Lipinski definition) is 0. The van der Waals surface area contributed by atoms with Gasteiger partial charge >= 0.3 is 0 Å². The van der Waals surface area contributed by atoms with E-state index in [1.165, 1.54) is 24.3 Å². The van der Waals surface area contributed by atoms with Gasteiger partial charge in [0, 0.05) is 19.8 Å². The van der Waals surface area contributed by atoms with Crippen LogP contribution >= 0.6 is 0 Å². The fourth-order valence-electron chi connectivity index (χ4n) is 0.646. The number of methoxy groups -OCH3 is 1. The van der Waals surface area contributed by atoms with Gasteiger partial charge in [0.25, 0.3) is 0 Å². The number of carbonyl (C=O) groups is 1. The van der Waals surface area contributed by atoms with Gasteiger partial charge in [0.2, 0.25) is 0 Å². The molecule has 0 spiro atoms. The third-order valence-electron chi connectivity index (χ3n) is 1.12. The van der Waals surface area contributed by atoms with Gasteiger partial charge in [-0.05, 0) is 30.2 Å². The van der Waals surface area contributed by atoms with Crippen LogP contribution in [0.3, 0.4) is 0 Å². The maximum absolute atomic E-state index is 12.3. The standard InChI is InChI=1S/C9H5FO.C2H6O/c10-9-5-3-8(4-6-9)2-1-7-11;1-3-2/h3-7H;1-2H3. The number of ether oxygens (including phenoxy) is 1. The molecule has 0 radical (unpaired) electrons. The minimum atomic E-state index is -0.304. The third-order valence-corrected chi connectivity index (χ3v) is 1.12. The summed E-state index contributed by atoms with van der Waals surface area (Å²) in [5.74, 6) is 4.46.